The third kappa shape index (κ3) is 2.51. The number of para-hydroxylation sites is 1. The Bertz CT molecular complexity index is 320. The third-order valence-corrected chi connectivity index (χ3v) is 3.02. The van der Waals surface area contributed by atoms with Gasteiger partial charge in [-0.2, -0.15) is 0 Å². The summed E-state index contributed by atoms with van der Waals surface area (Å²) in [6.07, 6.45) is 2.47. The summed E-state index contributed by atoms with van der Waals surface area (Å²) in [7, 11) is 4.27. The Morgan fingerprint density at radius 1 is 1.27 bits per heavy atom. The minimum absolute atomic E-state index is 1.18. The molecule has 0 saturated carbocycles. The van der Waals surface area contributed by atoms with Crippen LogP contribution in [0.2, 0.25) is 0 Å². The van der Waals surface area contributed by atoms with Gasteiger partial charge in [-0.05, 0) is 45.1 Å². The number of nitrogens with zero attached hydrogens (tertiary/aromatic N) is 2. The van der Waals surface area contributed by atoms with Crippen LogP contribution in [-0.2, 0) is 6.42 Å². The van der Waals surface area contributed by atoms with E-state index in [4.69, 9.17) is 0 Å². The molecule has 0 aliphatic carbocycles. The van der Waals surface area contributed by atoms with E-state index in [1.165, 1.54) is 43.7 Å². The highest BCUT2D eigenvalue weighted by molar-refractivity contribution is 5.57. The lowest BCUT2D eigenvalue weighted by Gasteiger charge is -2.20. The lowest BCUT2D eigenvalue weighted by molar-refractivity contribution is 0.401. The molecule has 0 amide bonds. The first-order chi connectivity index (χ1) is 7.27. The van der Waals surface area contributed by atoms with Gasteiger partial charge in [0, 0.05) is 18.8 Å². The molecule has 2 rings (SSSR count). The second kappa shape index (κ2) is 4.67. The van der Waals surface area contributed by atoms with E-state index in [0.29, 0.717) is 0 Å². The normalized spacial score (nSPS) is 14.7. The number of benzene rings is 1. The van der Waals surface area contributed by atoms with Crippen molar-refractivity contribution in [3.63, 3.8) is 0 Å². The maximum atomic E-state index is 2.51. The molecule has 1 heterocycles. The molecule has 82 valence electrons. The molecule has 0 unspecified atom stereocenters. The number of anilines is 1. The van der Waals surface area contributed by atoms with E-state index in [9.17, 15) is 0 Å². The molecule has 0 radical (unpaired) electrons. The number of rotatable bonds is 4. The quantitative estimate of drug-likeness (QED) is 0.740. The molecule has 1 aliphatic rings. The molecule has 0 aromatic heterocycles. The van der Waals surface area contributed by atoms with E-state index in [2.05, 4.69) is 48.2 Å². The third-order valence-electron chi connectivity index (χ3n) is 3.02. The van der Waals surface area contributed by atoms with Crippen molar-refractivity contribution >= 4 is 5.69 Å². The van der Waals surface area contributed by atoms with Crippen molar-refractivity contribution in [2.45, 2.75) is 12.8 Å². The molecular weight excluding hydrogens is 184 g/mol. The SMILES string of the molecule is CN(C)CCCN1CCc2ccccc21. The minimum atomic E-state index is 1.18. The highest BCUT2D eigenvalue weighted by atomic mass is 15.2. The Morgan fingerprint density at radius 2 is 2.07 bits per heavy atom. The highest BCUT2D eigenvalue weighted by Crippen LogP contribution is 2.27. The average molecular weight is 204 g/mol. The summed E-state index contributed by atoms with van der Waals surface area (Å²) in [6.45, 7) is 3.57. The van der Waals surface area contributed by atoms with E-state index in [1.54, 1.807) is 0 Å². The molecule has 0 spiro atoms. The van der Waals surface area contributed by atoms with Crippen LogP contribution >= 0.6 is 0 Å². The molecule has 1 aromatic carbocycles. The van der Waals surface area contributed by atoms with Crippen LogP contribution in [0.4, 0.5) is 5.69 Å². The van der Waals surface area contributed by atoms with Gasteiger partial charge in [-0.1, -0.05) is 18.2 Å². The van der Waals surface area contributed by atoms with Crippen molar-refractivity contribution in [2.24, 2.45) is 0 Å². The molecule has 0 fully saturated rings. The summed E-state index contributed by atoms with van der Waals surface area (Å²) in [5.74, 6) is 0. The Hall–Kier alpha value is -1.02. The Kier molecular flexibility index (Phi) is 3.27. The van der Waals surface area contributed by atoms with Crippen molar-refractivity contribution in [1.29, 1.82) is 0 Å². The topological polar surface area (TPSA) is 6.48 Å². The zero-order valence-electron chi connectivity index (χ0n) is 9.74. The summed E-state index contributed by atoms with van der Waals surface area (Å²) in [4.78, 5) is 4.76. The maximum Gasteiger partial charge on any atom is 0.0399 e. The first-order valence-corrected chi connectivity index (χ1v) is 5.75. The van der Waals surface area contributed by atoms with Gasteiger partial charge in [0.25, 0.3) is 0 Å². The Balaban J connectivity index is 1.90. The molecule has 0 saturated heterocycles. The average Bonchev–Trinajstić information content (AvgIpc) is 2.62. The van der Waals surface area contributed by atoms with Gasteiger partial charge in [0.15, 0.2) is 0 Å². The fourth-order valence-corrected chi connectivity index (χ4v) is 2.22. The van der Waals surface area contributed by atoms with E-state index >= 15 is 0 Å². The van der Waals surface area contributed by atoms with Crippen molar-refractivity contribution in [3.05, 3.63) is 29.8 Å². The maximum absolute atomic E-state index is 2.51. The molecular formula is C13H20N2. The van der Waals surface area contributed by atoms with Crippen LogP contribution in [0.3, 0.4) is 0 Å². The van der Waals surface area contributed by atoms with E-state index in [1.807, 2.05) is 0 Å². The molecule has 1 aliphatic heterocycles. The van der Waals surface area contributed by atoms with Crippen LogP contribution in [0.15, 0.2) is 24.3 Å². The van der Waals surface area contributed by atoms with Crippen LogP contribution in [0.5, 0.6) is 0 Å². The van der Waals surface area contributed by atoms with Crippen LogP contribution in [-0.4, -0.2) is 38.6 Å². The molecule has 0 bridgehead atoms. The highest BCUT2D eigenvalue weighted by Gasteiger charge is 2.17. The fourth-order valence-electron chi connectivity index (χ4n) is 2.22. The van der Waals surface area contributed by atoms with Crippen molar-refractivity contribution in [2.75, 3.05) is 38.6 Å². The van der Waals surface area contributed by atoms with E-state index < -0.39 is 0 Å². The molecule has 0 N–H and O–H groups in total. The van der Waals surface area contributed by atoms with Gasteiger partial charge in [-0.15, -0.1) is 0 Å². The van der Waals surface area contributed by atoms with Gasteiger partial charge in [0.1, 0.15) is 0 Å². The summed E-state index contributed by atoms with van der Waals surface area (Å²) in [5, 5.41) is 0. The number of hydrogen-bond acceptors (Lipinski definition) is 2. The number of hydrogen-bond donors (Lipinski definition) is 0. The van der Waals surface area contributed by atoms with Crippen molar-refractivity contribution in [3.8, 4) is 0 Å². The van der Waals surface area contributed by atoms with Gasteiger partial charge in [-0.25, -0.2) is 0 Å². The second-order valence-electron chi connectivity index (χ2n) is 4.52. The van der Waals surface area contributed by atoms with Gasteiger partial charge < -0.3 is 9.80 Å². The molecule has 2 heteroatoms. The number of fused-ring (bicyclic) bond motifs is 1. The molecule has 1 aromatic rings. The monoisotopic (exact) mass is 204 g/mol. The van der Waals surface area contributed by atoms with Crippen LogP contribution in [0, 0.1) is 0 Å². The predicted molar refractivity (Wildman–Crippen MR) is 65.5 cm³/mol. The molecule has 15 heavy (non-hydrogen) atoms. The van der Waals surface area contributed by atoms with E-state index in [-0.39, 0.29) is 0 Å². The lowest BCUT2D eigenvalue weighted by atomic mass is 10.2. The van der Waals surface area contributed by atoms with Crippen LogP contribution in [0.25, 0.3) is 0 Å². The largest absolute Gasteiger partial charge is 0.371 e. The van der Waals surface area contributed by atoms with Gasteiger partial charge in [-0.3, -0.25) is 0 Å². The standard InChI is InChI=1S/C13H20N2/c1-14(2)9-5-10-15-11-8-12-6-3-4-7-13(12)15/h3-4,6-7H,5,8-11H2,1-2H3. The summed E-state index contributed by atoms with van der Waals surface area (Å²) in [6, 6.07) is 8.78. The van der Waals surface area contributed by atoms with E-state index in [0.717, 1.165) is 0 Å². The summed E-state index contributed by atoms with van der Waals surface area (Å²) >= 11 is 0. The van der Waals surface area contributed by atoms with Crippen LogP contribution < -0.4 is 4.90 Å². The predicted octanol–water partition coefficient (Wildman–Crippen LogP) is 2.00. The minimum Gasteiger partial charge on any atom is -0.371 e. The van der Waals surface area contributed by atoms with Crippen molar-refractivity contribution in [1.82, 2.24) is 4.90 Å². The molecule has 2 nitrogen and oxygen atoms in total. The second-order valence-corrected chi connectivity index (χ2v) is 4.52. The summed E-state index contributed by atoms with van der Waals surface area (Å²) < 4.78 is 0. The lowest BCUT2D eigenvalue weighted by Crippen LogP contribution is -2.25. The van der Waals surface area contributed by atoms with Gasteiger partial charge in [0.05, 0.1) is 0 Å². The fraction of sp³-hybridized carbons (Fsp3) is 0.538. The first kappa shape index (κ1) is 10.5. The van der Waals surface area contributed by atoms with Crippen molar-refractivity contribution < 1.29 is 0 Å². The Labute approximate surface area is 92.5 Å². The summed E-state index contributed by atoms with van der Waals surface area (Å²) in [5.41, 5.74) is 2.97. The first-order valence-electron chi connectivity index (χ1n) is 5.75. The van der Waals surface area contributed by atoms with Gasteiger partial charge in [0.2, 0.25) is 0 Å². The smallest absolute Gasteiger partial charge is 0.0399 e. The zero-order chi connectivity index (χ0) is 10.7. The van der Waals surface area contributed by atoms with Crippen LogP contribution in [0.1, 0.15) is 12.0 Å². The molecule has 0 atom stereocenters. The van der Waals surface area contributed by atoms with Gasteiger partial charge >= 0.3 is 0 Å². The Morgan fingerprint density at radius 3 is 2.87 bits per heavy atom. The zero-order valence-corrected chi connectivity index (χ0v) is 9.74.